The van der Waals surface area contributed by atoms with E-state index in [4.69, 9.17) is 16.0 Å². The molecule has 27 heavy (non-hydrogen) atoms. The van der Waals surface area contributed by atoms with E-state index in [0.717, 1.165) is 25.7 Å². The lowest BCUT2D eigenvalue weighted by Crippen LogP contribution is -2.50. The van der Waals surface area contributed by atoms with Gasteiger partial charge < -0.3 is 14.8 Å². The van der Waals surface area contributed by atoms with E-state index in [2.05, 4.69) is 46.9 Å². The Morgan fingerprint density at radius 3 is 2.11 bits per heavy atom. The second-order valence-corrected chi connectivity index (χ2v) is 14.4. The molecule has 0 unspecified atom stereocenters. The molecule has 1 saturated carbocycles. The summed E-state index contributed by atoms with van der Waals surface area (Å²) < 4.78 is 6.59. The Morgan fingerprint density at radius 2 is 1.63 bits per heavy atom. The van der Waals surface area contributed by atoms with Crippen molar-refractivity contribution < 1.29 is 14.3 Å². The molecule has 1 aromatic carbocycles. The number of halogens is 1. The van der Waals surface area contributed by atoms with E-state index in [0.29, 0.717) is 28.1 Å². The molecule has 0 aliphatic heterocycles. The number of nitrogens with one attached hydrogen (secondary N) is 1. The first kappa shape index (κ1) is 22.1. The van der Waals surface area contributed by atoms with Crippen LogP contribution in [0.2, 0.25) is 21.6 Å². The highest BCUT2D eigenvalue weighted by Crippen LogP contribution is 2.47. The van der Waals surface area contributed by atoms with Crippen LogP contribution in [-0.4, -0.2) is 19.3 Å². The van der Waals surface area contributed by atoms with Crippen molar-refractivity contribution in [3.05, 3.63) is 17.2 Å². The maximum atomic E-state index is 12.4. The van der Waals surface area contributed by atoms with Gasteiger partial charge in [0.2, 0.25) is 5.91 Å². The number of anilines is 1. The van der Waals surface area contributed by atoms with E-state index in [1.54, 1.807) is 12.1 Å². The van der Waals surface area contributed by atoms with Crippen LogP contribution in [-0.2, 0) is 4.79 Å². The first-order valence-electron chi connectivity index (χ1n) is 10.1. The van der Waals surface area contributed by atoms with Gasteiger partial charge in [-0.1, -0.05) is 66.0 Å². The van der Waals surface area contributed by atoms with Gasteiger partial charge in [0.1, 0.15) is 10.8 Å². The van der Waals surface area contributed by atoms with Crippen LogP contribution < -0.4 is 9.74 Å². The number of carbonyl (C=O) groups excluding carboxylic acids is 1. The molecule has 4 nitrogen and oxygen atoms in total. The normalized spacial score (nSPS) is 15.8. The van der Waals surface area contributed by atoms with E-state index >= 15 is 0 Å². The highest BCUT2D eigenvalue weighted by Gasteiger charge is 2.47. The minimum atomic E-state index is -2.18. The van der Waals surface area contributed by atoms with Gasteiger partial charge in [-0.25, -0.2) is 0 Å². The lowest BCUT2D eigenvalue weighted by Gasteiger charge is -2.42. The molecule has 1 amide bonds. The molecule has 1 fully saturated rings. The molecule has 0 aromatic heterocycles. The minimum absolute atomic E-state index is 0.0296. The third-order valence-corrected chi connectivity index (χ3v) is 12.4. The van der Waals surface area contributed by atoms with E-state index in [9.17, 15) is 9.90 Å². The number of hydrogen-bond donors (Lipinski definition) is 2. The third-order valence-electron chi connectivity index (χ3n) is 6.06. The second kappa shape index (κ2) is 8.87. The highest BCUT2D eigenvalue weighted by molar-refractivity contribution is 6.78. The van der Waals surface area contributed by atoms with Gasteiger partial charge in [-0.15, -0.1) is 0 Å². The summed E-state index contributed by atoms with van der Waals surface area (Å²) in [4.78, 5) is 12.4. The lowest BCUT2D eigenvalue weighted by atomic mass is 10.1. The first-order chi connectivity index (χ1) is 12.6. The van der Waals surface area contributed by atoms with E-state index < -0.39 is 8.32 Å². The number of amides is 1. The molecule has 6 heteroatoms. The van der Waals surface area contributed by atoms with Gasteiger partial charge in [0.25, 0.3) is 8.32 Å². The SMILES string of the molecule is CC(C)[Si](Oc1ccc(NC(=O)C2CCCC2)c(O)c1Cl)(C(C)C)C(C)C. The average Bonchev–Trinajstić information content (AvgIpc) is 3.12. The molecule has 0 radical (unpaired) electrons. The first-order valence-corrected chi connectivity index (χ1v) is 12.6. The van der Waals surface area contributed by atoms with Crippen LogP contribution in [0, 0.1) is 5.92 Å². The maximum Gasteiger partial charge on any atom is 0.258 e. The van der Waals surface area contributed by atoms with Crippen LogP contribution in [0.15, 0.2) is 12.1 Å². The number of phenolic OH excluding ortho intramolecular Hbond substituents is 1. The van der Waals surface area contributed by atoms with Gasteiger partial charge in [0.15, 0.2) is 5.75 Å². The Balaban J connectivity index is 2.28. The van der Waals surface area contributed by atoms with Crippen LogP contribution in [0.3, 0.4) is 0 Å². The molecule has 1 aromatic rings. The Hall–Kier alpha value is -1.20. The summed E-state index contributed by atoms with van der Waals surface area (Å²) in [5.74, 6) is 0.389. The number of phenols is 1. The number of carbonyl (C=O) groups is 1. The zero-order valence-electron chi connectivity index (χ0n) is 17.4. The van der Waals surface area contributed by atoms with Crippen molar-refractivity contribution in [1.82, 2.24) is 0 Å². The smallest absolute Gasteiger partial charge is 0.258 e. The summed E-state index contributed by atoms with van der Waals surface area (Å²) in [5.41, 5.74) is 1.56. The fourth-order valence-electron chi connectivity index (χ4n) is 4.69. The second-order valence-electron chi connectivity index (χ2n) is 8.66. The monoisotopic (exact) mass is 411 g/mol. The molecule has 1 aliphatic rings. The summed E-state index contributed by atoms with van der Waals surface area (Å²) in [5, 5.41) is 13.6. The number of hydrogen-bond acceptors (Lipinski definition) is 3. The van der Waals surface area contributed by atoms with Crippen LogP contribution >= 0.6 is 11.6 Å². The van der Waals surface area contributed by atoms with Crippen molar-refractivity contribution in [3.8, 4) is 11.5 Å². The highest BCUT2D eigenvalue weighted by atomic mass is 35.5. The van der Waals surface area contributed by atoms with E-state index in [1.807, 2.05) is 0 Å². The molecular formula is C21H34ClNO3Si. The zero-order chi connectivity index (χ0) is 20.4. The van der Waals surface area contributed by atoms with Crippen LogP contribution in [0.5, 0.6) is 11.5 Å². The summed E-state index contributed by atoms with van der Waals surface area (Å²) >= 11 is 6.46. The minimum Gasteiger partial charge on any atom is -0.542 e. The topological polar surface area (TPSA) is 58.6 Å². The molecule has 0 saturated heterocycles. The molecular weight excluding hydrogens is 378 g/mol. The molecule has 2 rings (SSSR count). The largest absolute Gasteiger partial charge is 0.542 e. The molecule has 1 aliphatic carbocycles. The van der Waals surface area contributed by atoms with Crippen LogP contribution in [0.1, 0.15) is 67.2 Å². The summed E-state index contributed by atoms with van der Waals surface area (Å²) in [6, 6.07) is 3.48. The van der Waals surface area contributed by atoms with Crippen molar-refractivity contribution >= 4 is 31.5 Å². The summed E-state index contributed by atoms with van der Waals surface area (Å²) in [7, 11) is -2.18. The maximum absolute atomic E-state index is 12.4. The summed E-state index contributed by atoms with van der Waals surface area (Å²) in [6.45, 7) is 13.2. The quantitative estimate of drug-likeness (QED) is 0.386. The number of benzene rings is 1. The van der Waals surface area contributed by atoms with Gasteiger partial charge in [-0.3, -0.25) is 4.79 Å². The molecule has 152 valence electrons. The van der Waals surface area contributed by atoms with Gasteiger partial charge in [-0.2, -0.15) is 0 Å². The van der Waals surface area contributed by atoms with Crippen molar-refractivity contribution in [2.45, 2.75) is 83.8 Å². The van der Waals surface area contributed by atoms with E-state index in [-0.39, 0.29) is 22.6 Å². The Kier molecular flexibility index (Phi) is 7.25. The Bertz CT molecular complexity index is 648. The van der Waals surface area contributed by atoms with Crippen LogP contribution in [0.25, 0.3) is 0 Å². The van der Waals surface area contributed by atoms with Gasteiger partial charge in [-0.05, 0) is 41.6 Å². The van der Waals surface area contributed by atoms with E-state index in [1.165, 1.54) is 0 Å². The average molecular weight is 412 g/mol. The van der Waals surface area contributed by atoms with Crippen molar-refractivity contribution in [3.63, 3.8) is 0 Å². The fourth-order valence-corrected chi connectivity index (χ4v) is 10.2. The van der Waals surface area contributed by atoms with Crippen molar-refractivity contribution in [2.24, 2.45) is 5.92 Å². The van der Waals surface area contributed by atoms with Gasteiger partial charge >= 0.3 is 0 Å². The lowest BCUT2D eigenvalue weighted by molar-refractivity contribution is -0.119. The Morgan fingerprint density at radius 1 is 1.11 bits per heavy atom. The van der Waals surface area contributed by atoms with Gasteiger partial charge in [0.05, 0.1) is 5.69 Å². The van der Waals surface area contributed by atoms with Crippen molar-refractivity contribution in [1.29, 1.82) is 0 Å². The summed E-state index contributed by atoms with van der Waals surface area (Å²) in [6.07, 6.45) is 3.99. The number of aromatic hydroxyl groups is 1. The van der Waals surface area contributed by atoms with Gasteiger partial charge in [0, 0.05) is 5.92 Å². The Labute approximate surface area is 169 Å². The number of rotatable bonds is 7. The molecule has 0 spiro atoms. The van der Waals surface area contributed by atoms with Crippen molar-refractivity contribution in [2.75, 3.05) is 5.32 Å². The predicted octanol–water partition coefficient (Wildman–Crippen LogP) is 6.73. The third kappa shape index (κ3) is 4.45. The molecule has 0 heterocycles. The van der Waals surface area contributed by atoms with Crippen LogP contribution in [0.4, 0.5) is 5.69 Å². The molecule has 2 N–H and O–H groups in total. The zero-order valence-corrected chi connectivity index (χ0v) is 19.2. The standard InChI is InChI=1S/C21H34ClNO3Si/c1-13(2)27(14(3)4,15(5)6)26-18-12-11-17(20(24)19(18)22)23-21(25)16-9-7-8-10-16/h11-16,24H,7-10H2,1-6H3,(H,23,25). The fraction of sp³-hybridized carbons (Fsp3) is 0.667. The molecule has 0 atom stereocenters. The molecule has 0 bridgehead atoms. The predicted molar refractivity (Wildman–Crippen MR) is 115 cm³/mol.